The fourth-order valence-electron chi connectivity index (χ4n) is 2.58. The number of amides is 1. The van der Waals surface area contributed by atoms with Crippen LogP contribution >= 0.6 is 34.8 Å². The van der Waals surface area contributed by atoms with Gasteiger partial charge in [-0.25, -0.2) is 4.79 Å². The van der Waals surface area contributed by atoms with E-state index in [4.69, 9.17) is 63.2 Å². The molecule has 0 spiro atoms. The Kier molecular flexibility index (Phi) is 10.4. The van der Waals surface area contributed by atoms with Gasteiger partial charge in [-0.15, -0.1) is 0 Å². The lowest BCUT2D eigenvalue weighted by molar-refractivity contribution is -0.271. The number of esters is 3. The second-order valence-corrected chi connectivity index (χ2v) is 8.61. The first kappa shape index (κ1) is 26.5. The Balaban J connectivity index is 3.15. The highest BCUT2D eigenvalue weighted by Crippen LogP contribution is 2.28. The van der Waals surface area contributed by atoms with Crippen LogP contribution in [-0.4, -0.2) is 78.8 Å². The van der Waals surface area contributed by atoms with Crippen LogP contribution in [0.3, 0.4) is 0 Å². The average Bonchev–Trinajstić information content (AvgIpc) is 2.60. The Morgan fingerprint density at radius 2 is 1.50 bits per heavy atom. The highest BCUT2D eigenvalue weighted by atomic mass is 35.6. The predicted octanol–water partition coefficient (Wildman–Crippen LogP) is 1.25. The SMILES string of the molecule is CO[C@H]1O[C@H](COC(C)=O)[C@@H](OC(C)=O)[C@H](OC(C)=O)[C@H]1NC(=O)OCC(Cl)(Cl)Cl. The molecule has 0 bridgehead atoms. The third-order valence-corrected chi connectivity index (χ3v) is 3.91. The monoisotopic (exact) mass is 493 g/mol. The minimum absolute atomic E-state index is 0.338. The Labute approximate surface area is 187 Å². The Bertz CT molecular complexity index is 641. The summed E-state index contributed by atoms with van der Waals surface area (Å²) < 4.78 is 29.2. The van der Waals surface area contributed by atoms with Crippen LogP contribution in [0.1, 0.15) is 20.8 Å². The zero-order chi connectivity index (χ0) is 23.1. The number of alkyl halides is 3. The van der Waals surface area contributed by atoms with Crippen molar-refractivity contribution in [3.05, 3.63) is 0 Å². The molecule has 30 heavy (non-hydrogen) atoms. The van der Waals surface area contributed by atoms with Crippen LogP contribution in [0.25, 0.3) is 0 Å². The molecular formula is C16H22Cl3NO10. The van der Waals surface area contributed by atoms with Crippen molar-refractivity contribution >= 4 is 58.8 Å². The number of ether oxygens (including phenoxy) is 6. The van der Waals surface area contributed by atoms with Gasteiger partial charge >= 0.3 is 24.0 Å². The molecule has 0 aromatic heterocycles. The molecule has 14 heteroatoms. The average molecular weight is 495 g/mol. The Morgan fingerprint density at radius 1 is 0.933 bits per heavy atom. The number of hydrogen-bond acceptors (Lipinski definition) is 10. The van der Waals surface area contributed by atoms with E-state index in [9.17, 15) is 19.2 Å². The van der Waals surface area contributed by atoms with Crippen molar-refractivity contribution in [3.8, 4) is 0 Å². The summed E-state index contributed by atoms with van der Waals surface area (Å²) in [5.74, 6) is -2.10. The van der Waals surface area contributed by atoms with Gasteiger partial charge in [0.2, 0.25) is 3.79 Å². The minimum atomic E-state index is -1.86. The maximum absolute atomic E-state index is 12.1. The molecule has 0 unspecified atom stereocenters. The first-order chi connectivity index (χ1) is 13.8. The van der Waals surface area contributed by atoms with Gasteiger partial charge in [0.1, 0.15) is 25.4 Å². The molecule has 11 nitrogen and oxygen atoms in total. The van der Waals surface area contributed by atoms with E-state index in [1.807, 2.05) is 0 Å². The van der Waals surface area contributed by atoms with E-state index in [0.717, 1.165) is 13.8 Å². The van der Waals surface area contributed by atoms with Crippen LogP contribution in [0.5, 0.6) is 0 Å². The standard InChI is InChI=1S/C16H22Cl3NO10/c1-7(21)26-5-10-12(28-8(2)22)13(29-9(3)23)11(14(25-4)30-10)20-15(24)27-6-16(17,18)19/h10-14H,5-6H2,1-4H3,(H,20,24)/t10-,11-,12-,13-,14+/m1/s1. The molecule has 1 rings (SSSR count). The lowest BCUT2D eigenvalue weighted by Gasteiger charge is -2.44. The number of carbonyl (C=O) groups is 4. The maximum Gasteiger partial charge on any atom is 0.407 e. The van der Waals surface area contributed by atoms with E-state index in [2.05, 4.69) is 5.32 Å². The summed E-state index contributed by atoms with van der Waals surface area (Å²) in [5, 5.41) is 2.37. The summed E-state index contributed by atoms with van der Waals surface area (Å²) in [4.78, 5) is 46.6. The maximum atomic E-state index is 12.1. The van der Waals surface area contributed by atoms with Gasteiger partial charge in [0, 0.05) is 27.9 Å². The van der Waals surface area contributed by atoms with Crippen LogP contribution in [0, 0.1) is 0 Å². The molecule has 1 heterocycles. The van der Waals surface area contributed by atoms with Crippen molar-refractivity contribution < 1.29 is 47.6 Å². The van der Waals surface area contributed by atoms with Crippen molar-refractivity contribution in [3.63, 3.8) is 0 Å². The molecule has 1 aliphatic heterocycles. The van der Waals surface area contributed by atoms with Crippen molar-refractivity contribution in [2.24, 2.45) is 0 Å². The van der Waals surface area contributed by atoms with Crippen LogP contribution in [0.2, 0.25) is 0 Å². The van der Waals surface area contributed by atoms with E-state index >= 15 is 0 Å². The van der Waals surface area contributed by atoms with E-state index < -0.39 is 65.0 Å². The molecule has 5 atom stereocenters. The topological polar surface area (TPSA) is 136 Å². The smallest absolute Gasteiger partial charge is 0.407 e. The summed E-state index contributed by atoms with van der Waals surface area (Å²) >= 11 is 16.6. The summed E-state index contributed by atoms with van der Waals surface area (Å²) in [5.41, 5.74) is 0. The van der Waals surface area contributed by atoms with E-state index in [1.54, 1.807) is 0 Å². The Morgan fingerprint density at radius 3 is 1.97 bits per heavy atom. The molecule has 0 aromatic rings. The second-order valence-electron chi connectivity index (χ2n) is 6.09. The lowest BCUT2D eigenvalue weighted by atomic mass is 9.96. The lowest BCUT2D eigenvalue weighted by Crippen LogP contribution is -2.66. The zero-order valence-electron chi connectivity index (χ0n) is 16.5. The minimum Gasteiger partial charge on any atom is -0.463 e. The Hall–Kier alpha value is -1.53. The molecule has 0 saturated carbocycles. The summed E-state index contributed by atoms with van der Waals surface area (Å²) in [6.45, 7) is 2.49. The van der Waals surface area contributed by atoms with Gasteiger partial charge in [-0.05, 0) is 0 Å². The van der Waals surface area contributed by atoms with Crippen molar-refractivity contribution in [1.29, 1.82) is 0 Å². The van der Waals surface area contributed by atoms with E-state index in [0.29, 0.717) is 0 Å². The van der Waals surface area contributed by atoms with Gasteiger partial charge < -0.3 is 33.7 Å². The highest BCUT2D eigenvalue weighted by Gasteiger charge is 2.51. The van der Waals surface area contributed by atoms with Crippen LogP contribution < -0.4 is 5.32 Å². The molecule has 172 valence electrons. The van der Waals surface area contributed by atoms with Gasteiger partial charge in [-0.1, -0.05) is 34.8 Å². The fourth-order valence-corrected chi connectivity index (χ4v) is 2.75. The largest absolute Gasteiger partial charge is 0.463 e. The third kappa shape index (κ3) is 9.09. The van der Waals surface area contributed by atoms with Crippen molar-refractivity contribution in [1.82, 2.24) is 5.32 Å². The third-order valence-electron chi connectivity index (χ3n) is 3.59. The number of carbonyl (C=O) groups excluding carboxylic acids is 4. The molecule has 1 fully saturated rings. The van der Waals surface area contributed by atoms with Gasteiger partial charge in [0.25, 0.3) is 0 Å². The summed E-state index contributed by atoms with van der Waals surface area (Å²) in [6.07, 6.45) is -5.86. The molecular weight excluding hydrogens is 473 g/mol. The van der Waals surface area contributed by atoms with E-state index in [1.165, 1.54) is 14.0 Å². The van der Waals surface area contributed by atoms with Gasteiger partial charge in [-0.3, -0.25) is 14.4 Å². The van der Waals surface area contributed by atoms with Crippen molar-refractivity contribution in [2.75, 3.05) is 20.3 Å². The highest BCUT2D eigenvalue weighted by molar-refractivity contribution is 6.67. The number of halogens is 3. The zero-order valence-corrected chi connectivity index (χ0v) is 18.8. The molecule has 1 N–H and O–H groups in total. The molecule has 0 radical (unpaired) electrons. The van der Waals surface area contributed by atoms with Crippen LogP contribution in [-0.2, 0) is 42.8 Å². The summed E-state index contributed by atoms with van der Waals surface area (Å²) in [7, 11) is 1.26. The normalized spacial score (nSPS) is 26.3. The number of alkyl carbamates (subject to hydrolysis) is 1. The second kappa shape index (κ2) is 11.8. The fraction of sp³-hybridized carbons (Fsp3) is 0.750. The van der Waals surface area contributed by atoms with Gasteiger partial charge in [0.05, 0.1) is 0 Å². The van der Waals surface area contributed by atoms with Crippen LogP contribution in [0.4, 0.5) is 4.79 Å². The molecule has 0 aliphatic carbocycles. The predicted molar refractivity (Wildman–Crippen MR) is 102 cm³/mol. The first-order valence-corrected chi connectivity index (χ1v) is 9.63. The molecule has 1 amide bonds. The number of methoxy groups -OCH3 is 1. The van der Waals surface area contributed by atoms with E-state index in [-0.39, 0.29) is 6.61 Å². The quantitative estimate of drug-likeness (QED) is 0.313. The number of nitrogens with one attached hydrogen (secondary N) is 1. The van der Waals surface area contributed by atoms with Crippen molar-refractivity contribution in [2.45, 2.75) is 55.2 Å². The van der Waals surface area contributed by atoms with Gasteiger partial charge in [-0.2, -0.15) is 0 Å². The first-order valence-electron chi connectivity index (χ1n) is 8.50. The summed E-state index contributed by atoms with van der Waals surface area (Å²) in [6, 6.07) is -1.19. The molecule has 1 saturated heterocycles. The number of hydrogen-bond donors (Lipinski definition) is 1. The molecule has 1 aliphatic rings. The van der Waals surface area contributed by atoms with Gasteiger partial charge in [0.15, 0.2) is 18.5 Å². The number of rotatable bonds is 7. The molecule has 0 aromatic carbocycles. The van der Waals surface area contributed by atoms with Crippen LogP contribution in [0.15, 0.2) is 0 Å².